The van der Waals surface area contributed by atoms with Gasteiger partial charge in [0.1, 0.15) is 12.1 Å². The predicted molar refractivity (Wildman–Crippen MR) is 210 cm³/mol. The maximum Gasteiger partial charge on any atom is 0.312 e. The fraction of sp³-hybridized carbons (Fsp3) is 0.500. The SMILES string of the molecule is COC(=O)CC[C@H](NC(=O)C1CO1)C(=O)N1CCCC[C@H]1C(=O)N[C@@H](CC1=CCc2ccccc21)C(=O)C[C@@H](CCCNC(N)=O)C(=O)NCc1ccc(C)cc1. The number of ether oxygens (including phenoxy) is 2. The number of Topliss-reactive ketones (excluding diaryl/α,β-unsaturated/α-hetero) is 1. The molecule has 2 heterocycles. The third-order valence-corrected chi connectivity index (χ3v) is 10.7. The minimum absolute atomic E-state index is 0.0359. The van der Waals surface area contributed by atoms with Crippen LogP contribution in [-0.2, 0) is 51.2 Å². The zero-order valence-corrected chi connectivity index (χ0v) is 32.7. The smallest absolute Gasteiger partial charge is 0.312 e. The van der Waals surface area contributed by atoms with E-state index in [1.807, 2.05) is 61.5 Å². The summed E-state index contributed by atoms with van der Waals surface area (Å²) in [6.07, 6.45) is 4.10. The summed E-state index contributed by atoms with van der Waals surface area (Å²) in [7, 11) is 1.24. The van der Waals surface area contributed by atoms with E-state index in [1.165, 1.54) is 12.0 Å². The Bertz CT molecular complexity index is 1830. The molecule has 5 atom stereocenters. The van der Waals surface area contributed by atoms with Gasteiger partial charge in [-0.3, -0.25) is 28.8 Å². The van der Waals surface area contributed by atoms with Gasteiger partial charge in [0, 0.05) is 44.8 Å². The molecule has 57 heavy (non-hydrogen) atoms. The number of hydrogen-bond donors (Lipinski definition) is 5. The summed E-state index contributed by atoms with van der Waals surface area (Å²) < 4.78 is 9.85. The minimum Gasteiger partial charge on any atom is -0.469 e. The molecule has 6 amide bonds. The number of benzene rings is 2. The molecule has 0 bridgehead atoms. The average Bonchev–Trinajstić information content (AvgIpc) is 4.00. The minimum atomic E-state index is -1.10. The van der Waals surface area contributed by atoms with Crippen molar-refractivity contribution >= 4 is 47.0 Å². The van der Waals surface area contributed by atoms with E-state index in [2.05, 4.69) is 21.3 Å². The van der Waals surface area contributed by atoms with Gasteiger partial charge in [0.2, 0.25) is 17.7 Å². The number of esters is 1. The van der Waals surface area contributed by atoms with Crippen LogP contribution in [0.5, 0.6) is 0 Å². The van der Waals surface area contributed by atoms with Gasteiger partial charge in [0.25, 0.3) is 5.91 Å². The molecule has 0 radical (unpaired) electrons. The predicted octanol–water partition coefficient (Wildman–Crippen LogP) is 2.37. The highest BCUT2D eigenvalue weighted by Crippen LogP contribution is 2.31. The van der Waals surface area contributed by atoms with E-state index in [0.29, 0.717) is 32.1 Å². The summed E-state index contributed by atoms with van der Waals surface area (Å²) in [4.78, 5) is 94.0. The van der Waals surface area contributed by atoms with Gasteiger partial charge >= 0.3 is 12.0 Å². The molecular formula is C42H54N6O9. The number of aryl methyl sites for hydroxylation is 1. The molecule has 15 heteroatoms. The molecule has 2 fully saturated rings. The lowest BCUT2D eigenvalue weighted by Gasteiger charge is -2.37. The topological polar surface area (TPSA) is 219 Å². The second kappa shape index (κ2) is 20.6. The van der Waals surface area contributed by atoms with E-state index in [0.717, 1.165) is 27.8 Å². The molecule has 15 nitrogen and oxygen atoms in total. The largest absolute Gasteiger partial charge is 0.469 e. The first-order valence-corrected chi connectivity index (χ1v) is 19.7. The van der Waals surface area contributed by atoms with E-state index in [-0.39, 0.29) is 70.0 Å². The van der Waals surface area contributed by atoms with Gasteiger partial charge in [-0.25, -0.2) is 4.79 Å². The van der Waals surface area contributed by atoms with Gasteiger partial charge in [-0.15, -0.1) is 0 Å². The van der Waals surface area contributed by atoms with E-state index >= 15 is 0 Å². The van der Waals surface area contributed by atoms with Gasteiger partial charge in [-0.2, -0.15) is 0 Å². The van der Waals surface area contributed by atoms with Crippen LogP contribution in [0.25, 0.3) is 5.57 Å². The van der Waals surface area contributed by atoms with Crippen molar-refractivity contribution in [1.82, 2.24) is 26.2 Å². The number of nitrogens with zero attached hydrogens (tertiary/aromatic N) is 1. The second-order valence-electron chi connectivity index (χ2n) is 14.9. The standard InChI is InChI=1S/C42H54N6O9/c1-26-12-14-27(15-13-26)24-45-38(51)30(9-7-20-44-42(43)55)23-35(49)33(22-29-17-16-28-8-3-4-10-31(28)29)47-39(52)34-11-5-6-21-48(34)41(54)32(18-19-37(50)56-2)46-40(53)36-25-57-36/h3-4,8,10,12-15,17,30,32-34,36H,5-7,9,11,16,18-25H2,1-2H3,(H,45,51)(H,46,53)(H,47,52)(H3,43,44,55)/t30-,32+,33+,34+,36?/m1/s1. The Hall–Kier alpha value is -5.57. The lowest BCUT2D eigenvalue weighted by molar-refractivity contribution is -0.147. The number of piperidine rings is 1. The molecule has 2 aromatic carbocycles. The average molecular weight is 787 g/mol. The summed E-state index contributed by atoms with van der Waals surface area (Å²) in [5.74, 6) is -3.53. The Labute approximate surface area is 332 Å². The van der Waals surface area contributed by atoms with Crippen LogP contribution in [0.1, 0.15) is 80.0 Å². The van der Waals surface area contributed by atoms with Crippen molar-refractivity contribution in [3.63, 3.8) is 0 Å². The van der Waals surface area contributed by atoms with E-state index in [9.17, 15) is 33.6 Å². The molecule has 0 spiro atoms. The van der Waals surface area contributed by atoms with Crippen LogP contribution in [0.15, 0.2) is 54.6 Å². The number of ketones is 1. The summed E-state index contributed by atoms with van der Waals surface area (Å²) >= 11 is 0. The van der Waals surface area contributed by atoms with Gasteiger partial charge < -0.3 is 41.4 Å². The molecule has 6 N–H and O–H groups in total. The zero-order chi connectivity index (χ0) is 40.9. The monoisotopic (exact) mass is 786 g/mol. The fourth-order valence-corrected chi connectivity index (χ4v) is 7.35. The number of carbonyl (C=O) groups excluding carboxylic acids is 7. The Kier molecular flexibility index (Phi) is 15.3. The molecule has 3 aliphatic rings. The van der Waals surface area contributed by atoms with E-state index in [1.54, 1.807) is 0 Å². The number of allylic oxidation sites excluding steroid dienone is 1. The molecule has 2 aromatic rings. The zero-order valence-electron chi connectivity index (χ0n) is 32.7. The highest BCUT2D eigenvalue weighted by Gasteiger charge is 2.40. The van der Waals surface area contributed by atoms with Crippen LogP contribution in [0.4, 0.5) is 4.79 Å². The number of hydrogen-bond acceptors (Lipinski definition) is 9. The Balaban J connectivity index is 1.35. The third kappa shape index (κ3) is 12.5. The van der Waals surface area contributed by atoms with Gasteiger partial charge in [0.15, 0.2) is 11.9 Å². The summed E-state index contributed by atoms with van der Waals surface area (Å²) in [6.45, 7) is 2.91. The number of fused-ring (bicyclic) bond motifs is 1. The number of amides is 6. The first kappa shape index (κ1) is 42.6. The number of nitrogens with one attached hydrogen (secondary N) is 4. The number of epoxide rings is 1. The number of primary amides is 1. The molecule has 2 saturated heterocycles. The highest BCUT2D eigenvalue weighted by molar-refractivity contribution is 5.97. The number of carbonyl (C=O) groups is 7. The first-order valence-electron chi connectivity index (χ1n) is 19.7. The third-order valence-electron chi connectivity index (χ3n) is 10.7. The maximum absolute atomic E-state index is 14.4. The molecule has 306 valence electrons. The summed E-state index contributed by atoms with van der Waals surface area (Å²) in [6, 6.07) is 11.8. The fourth-order valence-electron chi connectivity index (χ4n) is 7.35. The van der Waals surface area contributed by atoms with Crippen molar-refractivity contribution in [1.29, 1.82) is 0 Å². The Morgan fingerprint density at radius 2 is 1.67 bits per heavy atom. The highest BCUT2D eigenvalue weighted by atomic mass is 16.6. The van der Waals surface area contributed by atoms with Crippen molar-refractivity contribution in [3.05, 3.63) is 76.9 Å². The Morgan fingerprint density at radius 1 is 0.930 bits per heavy atom. The second-order valence-corrected chi connectivity index (χ2v) is 14.9. The van der Waals surface area contributed by atoms with Crippen LogP contribution < -0.4 is 27.0 Å². The molecule has 5 rings (SSSR count). The quantitative estimate of drug-likeness (QED) is 0.0755. The van der Waals surface area contributed by atoms with Crippen LogP contribution >= 0.6 is 0 Å². The van der Waals surface area contributed by atoms with Crippen molar-refractivity contribution < 1.29 is 43.0 Å². The molecular weight excluding hydrogens is 732 g/mol. The van der Waals surface area contributed by atoms with E-state index < -0.39 is 59.9 Å². The number of methoxy groups -OCH3 is 1. The number of urea groups is 1. The Morgan fingerprint density at radius 3 is 2.39 bits per heavy atom. The lowest BCUT2D eigenvalue weighted by Crippen LogP contribution is -2.59. The van der Waals surface area contributed by atoms with Gasteiger partial charge in [-0.05, 0) is 74.1 Å². The number of rotatable bonds is 20. The summed E-state index contributed by atoms with van der Waals surface area (Å²) in [5.41, 5.74) is 10.2. The van der Waals surface area contributed by atoms with Gasteiger partial charge in [-0.1, -0.05) is 60.2 Å². The molecule has 1 unspecified atom stereocenters. The number of likely N-dealkylation sites (tertiary alicyclic amines) is 1. The molecule has 2 aliphatic heterocycles. The maximum atomic E-state index is 14.4. The first-order chi connectivity index (χ1) is 27.4. The van der Waals surface area contributed by atoms with Crippen molar-refractivity contribution in [2.75, 3.05) is 26.8 Å². The van der Waals surface area contributed by atoms with Crippen molar-refractivity contribution in [2.45, 2.75) is 102 Å². The molecule has 0 aromatic heterocycles. The lowest BCUT2D eigenvalue weighted by atomic mass is 9.89. The number of nitrogens with two attached hydrogens (primary N) is 1. The molecule has 1 aliphatic carbocycles. The van der Waals surface area contributed by atoms with Crippen LogP contribution in [0, 0.1) is 12.8 Å². The van der Waals surface area contributed by atoms with Crippen LogP contribution in [0.2, 0.25) is 0 Å². The van der Waals surface area contributed by atoms with Crippen molar-refractivity contribution in [3.8, 4) is 0 Å². The van der Waals surface area contributed by atoms with Crippen LogP contribution in [-0.4, -0.2) is 97.3 Å². The van der Waals surface area contributed by atoms with E-state index in [4.69, 9.17) is 15.2 Å². The van der Waals surface area contributed by atoms with Gasteiger partial charge in [0.05, 0.1) is 19.8 Å². The normalized spacial score (nSPS) is 18.5. The molecule has 0 saturated carbocycles. The van der Waals surface area contributed by atoms with Crippen LogP contribution in [0.3, 0.4) is 0 Å². The summed E-state index contributed by atoms with van der Waals surface area (Å²) in [5, 5.41) is 11.1. The van der Waals surface area contributed by atoms with Crippen molar-refractivity contribution in [2.24, 2.45) is 11.7 Å².